The molecule has 0 heterocycles. The fourth-order valence-electron chi connectivity index (χ4n) is 5.43. The summed E-state index contributed by atoms with van der Waals surface area (Å²) in [4.78, 5) is 12.5. The Labute approximate surface area is 176 Å². The molecule has 2 saturated carbocycles. The van der Waals surface area contributed by atoms with Gasteiger partial charge in [-0.1, -0.05) is 63.2 Å². The molecule has 2 fully saturated rings. The Kier molecular flexibility index (Phi) is 4.82. The van der Waals surface area contributed by atoms with Gasteiger partial charge in [0.2, 0.25) is 0 Å². The first-order chi connectivity index (χ1) is 12.8. The van der Waals surface area contributed by atoms with Gasteiger partial charge in [0.25, 0.3) is 0 Å². The second-order valence-electron chi connectivity index (χ2n) is 9.03. The maximum absolute atomic E-state index is 12.5. The molecule has 2 heteroatoms. The second kappa shape index (κ2) is 6.88. The maximum atomic E-state index is 12.5. The van der Waals surface area contributed by atoms with E-state index in [0.29, 0.717) is 16.7 Å². The first-order valence-corrected chi connectivity index (χ1v) is 11.0. The molecule has 3 unspecified atom stereocenters. The Morgan fingerprint density at radius 1 is 1.04 bits per heavy atom. The van der Waals surface area contributed by atoms with Crippen molar-refractivity contribution in [2.45, 2.75) is 46.0 Å². The third-order valence-corrected chi connectivity index (χ3v) is 8.41. The van der Waals surface area contributed by atoms with E-state index in [1.165, 1.54) is 28.4 Å². The highest BCUT2D eigenvalue weighted by molar-refractivity contribution is 14.1. The van der Waals surface area contributed by atoms with Crippen LogP contribution in [0.15, 0.2) is 54.6 Å². The number of hydrogen-bond donors (Lipinski definition) is 0. The monoisotopic (exact) mass is 470 g/mol. The van der Waals surface area contributed by atoms with Crippen LogP contribution in [0.5, 0.6) is 0 Å². The summed E-state index contributed by atoms with van der Waals surface area (Å²) in [6.45, 7) is 7.39. The third-order valence-electron chi connectivity index (χ3n) is 7.69. The van der Waals surface area contributed by atoms with E-state index in [0.717, 1.165) is 17.0 Å². The zero-order valence-electron chi connectivity index (χ0n) is 16.3. The van der Waals surface area contributed by atoms with Crippen LogP contribution in [0, 0.1) is 20.3 Å². The summed E-state index contributed by atoms with van der Waals surface area (Å²) >= 11 is 2.29. The van der Waals surface area contributed by atoms with Gasteiger partial charge in [-0.25, -0.2) is 0 Å². The van der Waals surface area contributed by atoms with Crippen LogP contribution in [0.2, 0.25) is 0 Å². The van der Waals surface area contributed by atoms with Crippen LogP contribution < -0.4 is 0 Å². The molecule has 2 bridgehead atoms. The quantitative estimate of drug-likeness (QED) is 0.264. The Bertz CT molecular complexity index is 876. The van der Waals surface area contributed by atoms with Crippen molar-refractivity contribution >= 4 is 34.5 Å². The van der Waals surface area contributed by atoms with Gasteiger partial charge >= 0.3 is 0 Å². The molecule has 2 aliphatic carbocycles. The van der Waals surface area contributed by atoms with Gasteiger partial charge in [0.1, 0.15) is 0 Å². The number of halogens is 1. The Morgan fingerprint density at radius 3 is 2.26 bits per heavy atom. The number of carbonyl (C=O) groups excluding carboxylic acids is 1. The molecule has 2 aromatic carbocycles. The van der Waals surface area contributed by atoms with Gasteiger partial charge in [-0.05, 0) is 93.9 Å². The second-order valence-corrected chi connectivity index (χ2v) is 10.3. The summed E-state index contributed by atoms with van der Waals surface area (Å²) in [6, 6.07) is 16.6. The smallest absolute Gasteiger partial charge is 0.185 e. The molecule has 2 aliphatic rings. The predicted molar refractivity (Wildman–Crippen MR) is 121 cm³/mol. The standard InChI is InChI=1S/C25H27IO/c1-24(2)20-14-15-25(24,3)22(16-20)18-7-9-19(10-8-18)23(27)13-6-17-4-11-21(26)12-5-17/h4-13,20,22H,14-16H2,1-3H3/b13-6+. The molecule has 0 N–H and O–H groups in total. The molecule has 4 rings (SSSR count). The van der Waals surface area contributed by atoms with Gasteiger partial charge in [-0.3, -0.25) is 4.79 Å². The Balaban J connectivity index is 1.50. The minimum atomic E-state index is 0.0691. The normalized spacial score (nSPS) is 28.7. The highest BCUT2D eigenvalue weighted by atomic mass is 127. The van der Waals surface area contributed by atoms with Crippen molar-refractivity contribution in [3.05, 3.63) is 74.9 Å². The molecular weight excluding hydrogens is 443 g/mol. The topological polar surface area (TPSA) is 17.1 Å². The van der Waals surface area contributed by atoms with Crippen molar-refractivity contribution in [1.29, 1.82) is 0 Å². The number of rotatable bonds is 4. The number of carbonyl (C=O) groups is 1. The molecule has 1 nitrogen and oxygen atoms in total. The first-order valence-electron chi connectivity index (χ1n) is 9.89. The highest BCUT2D eigenvalue weighted by Gasteiger charge is 2.61. The number of fused-ring (bicyclic) bond motifs is 2. The minimum Gasteiger partial charge on any atom is -0.289 e. The van der Waals surface area contributed by atoms with Crippen LogP contribution in [0.4, 0.5) is 0 Å². The van der Waals surface area contributed by atoms with E-state index in [-0.39, 0.29) is 5.78 Å². The van der Waals surface area contributed by atoms with Crippen LogP contribution in [0.25, 0.3) is 6.08 Å². The van der Waals surface area contributed by atoms with Crippen LogP contribution in [-0.4, -0.2) is 5.78 Å². The van der Waals surface area contributed by atoms with E-state index in [2.05, 4.69) is 67.6 Å². The summed E-state index contributed by atoms with van der Waals surface area (Å²) < 4.78 is 1.20. The summed E-state index contributed by atoms with van der Waals surface area (Å²) in [7, 11) is 0. The number of allylic oxidation sites excluding steroid dienone is 1. The SMILES string of the molecule is CC1(C)C2CCC1(C)C(c1ccc(C(=O)/C=C/c3ccc(I)cc3)cc1)C2. The lowest BCUT2D eigenvalue weighted by molar-refractivity contribution is 0.104. The molecule has 0 amide bonds. The van der Waals surface area contributed by atoms with Crippen LogP contribution >= 0.6 is 22.6 Å². The van der Waals surface area contributed by atoms with Gasteiger partial charge in [0.15, 0.2) is 5.78 Å². The van der Waals surface area contributed by atoms with Crippen molar-refractivity contribution in [2.24, 2.45) is 16.7 Å². The molecule has 0 spiro atoms. The average molecular weight is 470 g/mol. The summed E-state index contributed by atoms with van der Waals surface area (Å²) in [5.41, 5.74) is 4.03. The van der Waals surface area contributed by atoms with Crippen molar-refractivity contribution in [1.82, 2.24) is 0 Å². The fraction of sp³-hybridized carbons (Fsp3) is 0.400. The first kappa shape index (κ1) is 18.9. The molecule has 0 aromatic heterocycles. The van der Waals surface area contributed by atoms with Crippen molar-refractivity contribution in [3.63, 3.8) is 0 Å². The minimum absolute atomic E-state index is 0.0691. The van der Waals surface area contributed by atoms with Gasteiger partial charge in [0, 0.05) is 9.13 Å². The van der Waals surface area contributed by atoms with Gasteiger partial charge < -0.3 is 0 Å². The van der Waals surface area contributed by atoms with Gasteiger partial charge in [-0.2, -0.15) is 0 Å². The van der Waals surface area contributed by atoms with E-state index < -0.39 is 0 Å². The number of hydrogen-bond acceptors (Lipinski definition) is 1. The van der Waals surface area contributed by atoms with E-state index in [9.17, 15) is 4.79 Å². The van der Waals surface area contributed by atoms with Crippen LogP contribution in [0.1, 0.15) is 67.4 Å². The predicted octanol–water partition coefficient (Wildman–Crippen LogP) is 7.12. The lowest BCUT2D eigenvalue weighted by atomic mass is 9.65. The lowest BCUT2D eigenvalue weighted by Crippen LogP contribution is -2.31. The molecule has 27 heavy (non-hydrogen) atoms. The number of ketones is 1. The van der Waals surface area contributed by atoms with E-state index in [4.69, 9.17) is 0 Å². The molecule has 2 aromatic rings. The summed E-state index contributed by atoms with van der Waals surface area (Å²) in [5.74, 6) is 1.53. The molecule has 0 saturated heterocycles. The Morgan fingerprint density at radius 2 is 1.70 bits per heavy atom. The van der Waals surface area contributed by atoms with Crippen molar-refractivity contribution < 1.29 is 4.79 Å². The van der Waals surface area contributed by atoms with E-state index in [1.54, 1.807) is 6.08 Å². The zero-order chi connectivity index (χ0) is 19.2. The maximum Gasteiger partial charge on any atom is 0.185 e. The average Bonchev–Trinajstić information content (AvgIpc) is 3.01. The van der Waals surface area contributed by atoms with Crippen LogP contribution in [0.3, 0.4) is 0 Å². The van der Waals surface area contributed by atoms with Crippen LogP contribution in [-0.2, 0) is 0 Å². The Hall–Kier alpha value is -1.42. The van der Waals surface area contributed by atoms with Crippen molar-refractivity contribution in [3.8, 4) is 0 Å². The molecular formula is C25H27IO. The molecule has 0 radical (unpaired) electrons. The van der Waals surface area contributed by atoms with E-state index >= 15 is 0 Å². The van der Waals surface area contributed by atoms with Gasteiger partial charge in [-0.15, -0.1) is 0 Å². The highest BCUT2D eigenvalue weighted by Crippen LogP contribution is 2.70. The molecule has 3 atom stereocenters. The third kappa shape index (κ3) is 3.20. The summed E-state index contributed by atoms with van der Waals surface area (Å²) in [6.07, 6.45) is 7.57. The van der Waals surface area contributed by atoms with Gasteiger partial charge in [0.05, 0.1) is 0 Å². The molecule has 140 valence electrons. The lowest BCUT2D eigenvalue weighted by Gasteiger charge is -2.39. The number of benzene rings is 2. The zero-order valence-corrected chi connectivity index (χ0v) is 18.5. The van der Waals surface area contributed by atoms with E-state index in [1.807, 2.05) is 30.3 Å². The molecule has 0 aliphatic heterocycles. The largest absolute Gasteiger partial charge is 0.289 e. The van der Waals surface area contributed by atoms with Crippen molar-refractivity contribution in [2.75, 3.05) is 0 Å². The summed E-state index contributed by atoms with van der Waals surface area (Å²) in [5, 5.41) is 0. The fourth-order valence-corrected chi connectivity index (χ4v) is 5.79.